The summed E-state index contributed by atoms with van der Waals surface area (Å²) in [5.74, 6) is -0.205. The summed E-state index contributed by atoms with van der Waals surface area (Å²) in [6.07, 6.45) is 2.03. The van der Waals surface area contributed by atoms with Crippen molar-refractivity contribution in [3.05, 3.63) is 0 Å². The third kappa shape index (κ3) is 3.72. The predicted octanol–water partition coefficient (Wildman–Crippen LogP) is 1.33. The molecule has 72 valence electrons. The Morgan fingerprint density at radius 1 is 1.42 bits per heavy atom. The van der Waals surface area contributed by atoms with Crippen molar-refractivity contribution in [1.82, 2.24) is 5.32 Å². The van der Waals surface area contributed by atoms with Crippen LogP contribution in [0.3, 0.4) is 0 Å². The Balaban J connectivity index is 3.80. The number of nitrogens with one attached hydrogen (secondary N) is 1. The Kier molecular flexibility index (Phi) is 4.90. The van der Waals surface area contributed by atoms with Crippen molar-refractivity contribution >= 4 is 5.97 Å². The highest BCUT2D eigenvalue weighted by Crippen LogP contribution is 2.12. The SMILES string of the molecule is CCC(C)(CC)NCC(=O)OC. The molecular formula is C9H19NO2. The maximum absolute atomic E-state index is 10.8. The van der Waals surface area contributed by atoms with Crippen LogP contribution in [0.15, 0.2) is 0 Å². The number of hydrogen-bond acceptors (Lipinski definition) is 3. The van der Waals surface area contributed by atoms with E-state index in [0.29, 0.717) is 6.54 Å². The zero-order valence-corrected chi connectivity index (χ0v) is 8.44. The number of esters is 1. The number of carbonyl (C=O) groups excluding carboxylic acids is 1. The Labute approximate surface area is 74.5 Å². The normalized spacial score (nSPS) is 11.3. The van der Waals surface area contributed by atoms with E-state index in [2.05, 4.69) is 30.8 Å². The minimum Gasteiger partial charge on any atom is -0.468 e. The molecule has 0 unspecified atom stereocenters. The number of hydrogen-bond donors (Lipinski definition) is 1. The molecule has 0 radical (unpaired) electrons. The molecule has 1 N–H and O–H groups in total. The minimum atomic E-state index is -0.205. The monoisotopic (exact) mass is 173 g/mol. The van der Waals surface area contributed by atoms with E-state index in [9.17, 15) is 4.79 Å². The molecule has 0 aromatic heterocycles. The molecule has 0 rings (SSSR count). The lowest BCUT2D eigenvalue weighted by atomic mass is 9.96. The third-order valence-corrected chi connectivity index (χ3v) is 2.45. The van der Waals surface area contributed by atoms with Crippen molar-refractivity contribution in [3.63, 3.8) is 0 Å². The lowest BCUT2D eigenvalue weighted by Crippen LogP contribution is -2.44. The van der Waals surface area contributed by atoms with Gasteiger partial charge in [-0.25, -0.2) is 0 Å². The van der Waals surface area contributed by atoms with E-state index in [1.165, 1.54) is 7.11 Å². The van der Waals surface area contributed by atoms with Gasteiger partial charge in [0, 0.05) is 5.54 Å². The van der Waals surface area contributed by atoms with E-state index in [4.69, 9.17) is 0 Å². The summed E-state index contributed by atoms with van der Waals surface area (Å²) in [5, 5.41) is 3.17. The molecule has 3 heteroatoms. The second-order valence-electron chi connectivity index (χ2n) is 3.20. The Bertz CT molecular complexity index is 141. The van der Waals surface area contributed by atoms with Gasteiger partial charge in [-0.15, -0.1) is 0 Å². The van der Waals surface area contributed by atoms with Crippen molar-refractivity contribution in [2.75, 3.05) is 13.7 Å². The molecular weight excluding hydrogens is 154 g/mol. The van der Waals surface area contributed by atoms with Gasteiger partial charge in [0.05, 0.1) is 13.7 Å². The first-order valence-corrected chi connectivity index (χ1v) is 4.39. The van der Waals surface area contributed by atoms with Crippen LogP contribution in [0.2, 0.25) is 0 Å². The summed E-state index contributed by atoms with van der Waals surface area (Å²) in [6.45, 7) is 6.62. The van der Waals surface area contributed by atoms with E-state index in [1.54, 1.807) is 0 Å². The summed E-state index contributed by atoms with van der Waals surface area (Å²) in [5.41, 5.74) is 0.0637. The third-order valence-electron chi connectivity index (χ3n) is 2.45. The zero-order chi connectivity index (χ0) is 9.61. The molecule has 0 heterocycles. The van der Waals surface area contributed by atoms with Crippen LogP contribution >= 0.6 is 0 Å². The van der Waals surface area contributed by atoms with Crippen LogP contribution < -0.4 is 5.32 Å². The molecule has 0 aromatic carbocycles. The van der Waals surface area contributed by atoms with Gasteiger partial charge in [0.1, 0.15) is 0 Å². The fourth-order valence-corrected chi connectivity index (χ4v) is 0.858. The van der Waals surface area contributed by atoms with Gasteiger partial charge in [0.25, 0.3) is 0 Å². The van der Waals surface area contributed by atoms with Gasteiger partial charge >= 0.3 is 5.97 Å². The van der Waals surface area contributed by atoms with Gasteiger partial charge in [-0.2, -0.15) is 0 Å². The van der Waals surface area contributed by atoms with Gasteiger partial charge in [0.2, 0.25) is 0 Å². The van der Waals surface area contributed by atoms with Crippen molar-refractivity contribution < 1.29 is 9.53 Å². The van der Waals surface area contributed by atoms with E-state index in [-0.39, 0.29) is 11.5 Å². The van der Waals surface area contributed by atoms with Crippen LogP contribution in [-0.2, 0) is 9.53 Å². The van der Waals surface area contributed by atoms with Gasteiger partial charge in [-0.3, -0.25) is 4.79 Å². The lowest BCUT2D eigenvalue weighted by Gasteiger charge is -2.27. The number of methoxy groups -OCH3 is 1. The molecule has 0 amide bonds. The van der Waals surface area contributed by atoms with Gasteiger partial charge in [-0.05, 0) is 19.8 Å². The minimum absolute atomic E-state index is 0.0637. The topological polar surface area (TPSA) is 38.3 Å². The summed E-state index contributed by atoms with van der Waals surface area (Å²) in [6, 6.07) is 0. The van der Waals surface area contributed by atoms with Crippen LogP contribution in [0.4, 0.5) is 0 Å². The first-order valence-electron chi connectivity index (χ1n) is 4.39. The molecule has 12 heavy (non-hydrogen) atoms. The molecule has 0 saturated heterocycles. The zero-order valence-electron chi connectivity index (χ0n) is 8.44. The molecule has 0 spiro atoms. The Hall–Kier alpha value is -0.570. The van der Waals surface area contributed by atoms with Crippen molar-refractivity contribution in [3.8, 4) is 0 Å². The van der Waals surface area contributed by atoms with Crippen molar-refractivity contribution in [1.29, 1.82) is 0 Å². The lowest BCUT2D eigenvalue weighted by molar-refractivity contribution is -0.139. The Morgan fingerprint density at radius 2 is 1.92 bits per heavy atom. The molecule has 0 aliphatic carbocycles. The number of rotatable bonds is 5. The van der Waals surface area contributed by atoms with Gasteiger partial charge < -0.3 is 10.1 Å². The highest BCUT2D eigenvalue weighted by molar-refractivity contribution is 5.71. The molecule has 0 fully saturated rings. The molecule has 0 aromatic rings. The highest BCUT2D eigenvalue weighted by Gasteiger charge is 2.19. The van der Waals surface area contributed by atoms with Crippen LogP contribution in [0, 0.1) is 0 Å². The van der Waals surface area contributed by atoms with Gasteiger partial charge in [-0.1, -0.05) is 13.8 Å². The van der Waals surface area contributed by atoms with Crippen LogP contribution in [0.1, 0.15) is 33.6 Å². The molecule has 0 atom stereocenters. The predicted molar refractivity (Wildman–Crippen MR) is 49.0 cm³/mol. The van der Waals surface area contributed by atoms with Crippen molar-refractivity contribution in [2.24, 2.45) is 0 Å². The van der Waals surface area contributed by atoms with Crippen LogP contribution in [-0.4, -0.2) is 25.2 Å². The molecule has 0 bridgehead atoms. The maximum Gasteiger partial charge on any atom is 0.319 e. The van der Waals surface area contributed by atoms with E-state index in [1.807, 2.05) is 0 Å². The first kappa shape index (κ1) is 11.4. The largest absolute Gasteiger partial charge is 0.468 e. The fraction of sp³-hybridized carbons (Fsp3) is 0.889. The second-order valence-corrected chi connectivity index (χ2v) is 3.20. The molecule has 0 aliphatic rings. The average molecular weight is 173 g/mol. The van der Waals surface area contributed by atoms with Crippen molar-refractivity contribution in [2.45, 2.75) is 39.2 Å². The van der Waals surface area contributed by atoms with Gasteiger partial charge in [0.15, 0.2) is 0 Å². The summed E-state index contributed by atoms with van der Waals surface area (Å²) < 4.78 is 4.53. The summed E-state index contributed by atoms with van der Waals surface area (Å²) in [7, 11) is 1.40. The molecule has 0 saturated carbocycles. The maximum atomic E-state index is 10.8. The average Bonchev–Trinajstić information content (AvgIpc) is 2.13. The van der Waals surface area contributed by atoms with E-state index in [0.717, 1.165) is 12.8 Å². The van der Waals surface area contributed by atoms with E-state index < -0.39 is 0 Å². The first-order chi connectivity index (χ1) is 5.58. The second kappa shape index (κ2) is 5.14. The smallest absolute Gasteiger partial charge is 0.319 e. The Morgan fingerprint density at radius 3 is 2.25 bits per heavy atom. The summed E-state index contributed by atoms with van der Waals surface area (Å²) in [4.78, 5) is 10.8. The van der Waals surface area contributed by atoms with Crippen LogP contribution in [0.5, 0.6) is 0 Å². The number of ether oxygens (including phenoxy) is 1. The summed E-state index contributed by atoms with van der Waals surface area (Å²) >= 11 is 0. The standard InChI is InChI=1S/C9H19NO2/c1-5-9(3,6-2)10-7-8(11)12-4/h10H,5-7H2,1-4H3. The van der Waals surface area contributed by atoms with Crippen LogP contribution in [0.25, 0.3) is 0 Å². The fourth-order valence-electron chi connectivity index (χ4n) is 0.858. The molecule has 3 nitrogen and oxygen atoms in total. The quantitative estimate of drug-likeness (QED) is 0.637. The number of carbonyl (C=O) groups is 1. The highest BCUT2D eigenvalue weighted by atomic mass is 16.5. The van der Waals surface area contributed by atoms with E-state index >= 15 is 0 Å². The molecule has 0 aliphatic heterocycles.